The predicted octanol–water partition coefficient (Wildman–Crippen LogP) is 5.19. The predicted molar refractivity (Wildman–Crippen MR) is 102 cm³/mol. The molecule has 0 aliphatic rings. The lowest BCUT2D eigenvalue weighted by molar-refractivity contribution is -0.139. The molecule has 0 bridgehead atoms. The fourth-order valence-electron chi connectivity index (χ4n) is 2.75. The highest BCUT2D eigenvalue weighted by Gasteiger charge is 2.29. The van der Waals surface area contributed by atoms with E-state index in [0.717, 1.165) is 29.3 Å². The summed E-state index contributed by atoms with van der Waals surface area (Å²) in [7, 11) is 0. The van der Waals surface area contributed by atoms with Crippen molar-refractivity contribution in [3.05, 3.63) is 86.8 Å². The zero-order valence-corrected chi connectivity index (χ0v) is 15.7. The lowest BCUT2D eigenvalue weighted by atomic mass is 10.0. The van der Waals surface area contributed by atoms with E-state index in [-0.39, 0.29) is 6.61 Å². The third-order valence-corrected chi connectivity index (χ3v) is 4.46. The first-order valence-corrected chi connectivity index (χ1v) is 8.69. The molecule has 1 heterocycles. The van der Waals surface area contributed by atoms with Crippen LogP contribution in [0.25, 0.3) is 17.0 Å². The Balaban J connectivity index is 1.72. The number of benzene rings is 2. The molecule has 0 saturated heterocycles. The van der Waals surface area contributed by atoms with Crippen molar-refractivity contribution in [1.82, 2.24) is 0 Å². The Kier molecular flexibility index (Phi) is 5.59. The number of carbonyl (C=O) groups excluding carboxylic acids is 1. The molecule has 3 rings (SSSR count). The highest BCUT2D eigenvalue weighted by molar-refractivity contribution is 5.87. The molecule has 150 valence electrons. The van der Waals surface area contributed by atoms with Crippen molar-refractivity contribution >= 4 is 23.0 Å². The summed E-state index contributed by atoms with van der Waals surface area (Å²) in [5.41, 5.74) is 1.99. The van der Waals surface area contributed by atoms with E-state index in [2.05, 4.69) is 0 Å². The zero-order valence-electron chi connectivity index (χ0n) is 15.7. The molecule has 0 amide bonds. The molecule has 0 N–H and O–H groups in total. The summed E-state index contributed by atoms with van der Waals surface area (Å²) in [6.45, 7) is 3.68. The average molecular weight is 402 g/mol. The van der Waals surface area contributed by atoms with E-state index < -0.39 is 23.3 Å². The van der Waals surface area contributed by atoms with Crippen LogP contribution >= 0.6 is 0 Å². The minimum atomic E-state index is -4.41. The molecule has 1 aromatic heterocycles. The van der Waals surface area contributed by atoms with Crippen molar-refractivity contribution in [2.75, 3.05) is 0 Å². The monoisotopic (exact) mass is 402 g/mol. The Morgan fingerprint density at radius 2 is 1.72 bits per heavy atom. The molecular weight excluding hydrogens is 385 g/mol. The van der Waals surface area contributed by atoms with Crippen LogP contribution in [-0.4, -0.2) is 5.97 Å². The second-order valence-corrected chi connectivity index (χ2v) is 6.58. The molecule has 0 spiro atoms. The first kappa shape index (κ1) is 20.4. The number of halogens is 3. The molecule has 0 saturated carbocycles. The molecule has 0 unspecified atom stereocenters. The lowest BCUT2D eigenvalue weighted by Crippen LogP contribution is -2.06. The Hall–Kier alpha value is -3.35. The molecule has 0 aliphatic carbocycles. The Morgan fingerprint density at radius 3 is 2.38 bits per heavy atom. The Morgan fingerprint density at radius 1 is 1.07 bits per heavy atom. The summed E-state index contributed by atoms with van der Waals surface area (Å²) in [6.07, 6.45) is -1.94. The molecule has 4 nitrogen and oxygen atoms in total. The summed E-state index contributed by atoms with van der Waals surface area (Å²) in [6, 6.07) is 9.26. The van der Waals surface area contributed by atoms with Crippen LogP contribution in [0.1, 0.15) is 27.8 Å². The Bertz CT molecular complexity index is 1140. The van der Waals surface area contributed by atoms with Crippen molar-refractivity contribution in [2.45, 2.75) is 26.6 Å². The maximum Gasteiger partial charge on any atom is 0.416 e. The van der Waals surface area contributed by atoms with E-state index in [1.807, 2.05) is 19.9 Å². The number of alkyl halides is 3. The number of aryl methyl sites for hydroxylation is 2. The van der Waals surface area contributed by atoms with E-state index in [0.29, 0.717) is 22.1 Å². The van der Waals surface area contributed by atoms with Crippen LogP contribution in [0.5, 0.6) is 0 Å². The van der Waals surface area contributed by atoms with Gasteiger partial charge >= 0.3 is 17.8 Å². The van der Waals surface area contributed by atoms with E-state index in [1.165, 1.54) is 24.3 Å². The van der Waals surface area contributed by atoms with Gasteiger partial charge in [0.2, 0.25) is 0 Å². The number of rotatable bonds is 4. The lowest BCUT2D eigenvalue weighted by Gasteiger charge is -2.08. The zero-order chi connectivity index (χ0) is 21.2. The van der Waals surface area contributed by atoms with Crippen LogP contribution in [0.3, 0.4) is 0 Å². The van der Waals surface area contributed by atoms with Gasteiger partial charge in [-0.15, -0.1) is 0 Å². The third kappa shape index (κ3) is 4.93. The molecule has 0 atom stereocenters. The average Bonchev–Trinajstić information content (AvgIpc) is 2.65. The van der Waals surface area contributed by atoms with Crippen molar-refractivity contribution in [3.8, 4) is 0 Å². The van der Waals surface area contributed by atoms with Gasteiger partial charge in [-0.3, -0.25) is 0 Å². The van der Waals surface area contributed by atoms with Crippen LogP contribution in [0.4, 0.5) is 13.2 Å². The molecule has 3 aromatic rings. The number of ether oxygens (including phenoxy) is 1. The van der Waals surface area contributed by atoms with E-state index >= 15 is 0 Å². The van der Waals surface area contributed by atoms with Gasteiger partial charge < -0.3 is 9.15 Å². The molecule has 0 radical (unpaired) electrons. The second kappa shape index (κ2) is 7.95. The molecule has 0 aliphatic heterocycles. The number of esters is 1. The molecular formula is C22H17F3O4. The van der Waals surface area contributed by atoms with Crippen LogP contribution < -0.4 is 5.63 Å². The van der Waals surface area contributed by atoms with Gasteiger partial charge in [0.15, 0.2) is 0 Å². The van der Waals surface area contributed by atoms with Gasteiger partial charge in [0.25, 0.3) is 0 Å². The maximum atomic E-state index is 12.6. The highest BCUT2D eigenvalue weighted by atomic mass is 19.4. The smallest absolute Gasteiger partial charge is 0.416 e. The topological polar surface area (TPSA) is 56.5 Å². The van der Waals surface area contributed by atoms with Gasteiger partial charge in [-0.1, -0.05) is 12.1 Å². The largest absolute Gasteiger partial charge is 0.458 e. The number of hydrogen-bond donors (Lipinski definition) is 0. The van der Waals surface area contributed by atoms with E-state index in [4.69, 9.17) is 9.15 Å². The van der Waals surface area contributed by atoms with Gasteiger partial charge in [-0.25, -0.2) is 9.59 Å². The van der Waals surface area contributed by atoms with Crippen molar-refractivity contribution in [2.24, 2.45) is 0 Å². The SMILES string of the molecule is Cc1cc2oc(=O)cc(COC(=O)/C=C/c3ccc(C(F)(F)F)cc3)c2cc1C. The quantitative estimate of drug-likeness (QED) is 0.343. The summed E-state index contributed by atoms with van der Waals surface area (Å²) in [5, 5.41) is 0.673. The number of hydrogen-bond acceptors (Lipinski definition) is 4. The first-order valence-electron chi connectivity index (χ1n) is 8.69. The van der Waals surface area contributed by atoms with Gasteiger partial charge in [-0.05, 0) is 60.9 Å². The normalized spacial score (nSPS) is 11.9. The fourth-order valence-corrected chi connectivity index (χ4v) is 2.75. The minimum Gasteiger partial charge on any atom is -0.458 e. The van der Waals surface area contributed by atoms with Crippen LogP contribution in [-0.2, 0) is 22.3 Å². The van der Waals surface area contributed by atoms with Gasteiger partial charge in [-0.2, -0.15) is 13.2 Å². The maximum absolute atomic E-state index is 12.6. The number of fused-ring (bicyclic) bond motifs is 1. The van der Waals surface area contributed by atoms with E-state index in [1.54, 1.807) is 6.07 Å². The number of carbonyl (C=O) groups is 1. The van der Waals surface area contributed by atoms with E-state index in [9.17, 15) is 22.8 Å². The third-order valence-electron chi connectivity index (χ3n) is 4.46. The van der Waals surface area contributed by atoms with Gasteiger partial charge in [0, 0.05) is 23.1 Å². The summed E-state index contributed by atoms with van der Waals surface area (Å²) in [4.78, 5) is 23.7. The van der Waals surface area contributed by atoms with Gasteiger partial charge in [0.05, 0.1) is 5.56 Å². The first-order chi connectivity index (χ1) is 13.6. The molecule has 2 aromatic carbocycles. The minimum absolute atomic E-state index is 0.138. The molecule has 7 heteroatoms. The summed E-state index contributed by atoms with van der Waals surface area (Å²) >= 11 is 0. The van der Waals surface area contributed by atoms with Gasteiger partial charge in [0.1, 0.15) is 12.2 Å². The van der Waals surface area contributed by atoms with Crippen LogP contribution in [0, 0.1) is 13.8 Å². The molecule has 0 fully saturated rings. The Labute approximate surface area is 164 Å². The van der Waals surface area contributed by atoms with Crippen molar-refractivity contribution < 1.29 is 27.1 Å². The van der Waals surface area contributed by atoms with Crippen molar-refractivity contribution in [1.29, 1.82) is 0 Å². The standard InChI is InChI=1S/C22H17F3O4/c1-13-9-18-16(11-21(27)29-19(18)10-14(13)2)12-28-20(26)8-5-15-3-6-17(7-4-15)22(23,24)25/h3-11H,12H2,1-2H3/b8-5+. The molecule has 29 heavy (non-hydrogen) atoms. The highest BCUT2D eigenvalue weighted by Crippen LogP contribution is 2.29. The summed E-state index contributed by atoms with van der Waals surface area (Å²) in [5.74, 6) is -0.685. The fraction of sp³-hybridized carbons (Fsp3) is 0.182. The van der Waals surface area contributed by atoms with Crippen molar-refractivity contribution in [3.63, 3.8) is 0 Å². The van der Waals surface area contributed by atoms with Crippen LogP contribution in [0.15, 0.2) is 57.8 Å². The summed E-state index contributed by atoms with van der Waals surface area (Å²) < 4.78 is 48.1. The van der Waals surface area contributed by atoms with Crippen LogP contribution in [0.2, 0.25) is 0 Å². The second-order valence-electron chi connectivity index (χ2n) is 6.58.